The number of hydrogen-bond donors (Lipinski definition) is 0. The zero-order valence-electron chi connectivity index (χ0n) is 18.2. The summed E-state index contributed by atoms with van der Waals surface area (Å²) in [6, 6.07) is 18.1. The van der Waals surface area contributed by atoms with Gasteiger partial charge < -0.3 is 4.74 Å². The molecule has 0 radical (unpaired) electrons. The first-order valence-electron chi connectivity index (χ1n) is 11.7. The monoisotopic (exact) mass is 390 g/mol. The Morgan fingerprint density at radius 2 is 1.52 bits per heavy atom. The van der Waals surface area contributed by atoms with E-state index in [2.05, 4.69) is 62.0 Å². The molecule has 0 saturated heterocycles. The van der Waals surface area contributed by atoms with E-state index in [0.717, 1.165) is 11.8 Å². The minimum Gasteiger partial charge on any atom is -0.373 e. The van der Waals surface area contributed by atoms with E-state index in [9.17, 15) is 0 Å². The van der Waals surface area contributed by atoms with Crippen LogP contribution in [0.5, 0.6) is 0 Å². The van der Waals surface area contributed by atoms with E-state index < -0.39 is 0 Å². The number of rotatable bonds is 11. The minimum absolute atomic E-state index is 0.601. The maximum Gasteiger partial charge on any atom is 0.0721 e. The Kier molecular flexibility index (Phi) is 9.02. The minimum atomic E-state index is 0.601. The fourth-order valence-corrected chi connectivity index (χ4v) is 4.65. The van der Waals surface area contributed by atoms with Gasteiger partial charge in [0.1, 0.15) is 0 Å². The molecule has 1 aliphatic rings. The van der Waals surface area contributed by atoms with E-state index >= 15 is 0 Å². The number of hydrogen-bond acceptors (Lipinski definition) is 1. The van der Waals surface area contributed by atoms with Crippen LogP contribution in [-0.4, -0.2) is 6.61 Å². The molecular formula is C28H38O. The van der Waals surface area contributed by atoms with Gasteiger partial charge in [-0.2, -0.15) is 0 Å². The van der Waals surface area contributed by atoms with E-state index in [4.69, 9.17) is 4.74 Å². The second kappa shape index (κ2) is 12.0. The van der Waals surface area contributed by atoms with Crippen molar-refractivity contribution in [3.8, 4) is 11.1 Å². The molecule has 0 aromatic heterocycles. The molecule has 2 aromatic carbocycles. The largest absolute Gasteiger partial charge is 0.373 e. The van der Waals surface area contributed by atoms with Crippen molar-refractivity contribution in [2.45, 2.75) is 77.2 Å². The van der Waals surface area contributed by atoms with Crippen LogP contribution in [-0.2, 0) is 11.3 Å². The molecule has 2 aromatic rings. The smallest absolute Gasteiger partial charge is 0.0721 e. The average molecular weight is 391 g/mol. The molecular weight excluding hydrogens is 352 g/mol. The lowest BCUT2D eigenvalue weighted by molar-refractivity contribution is 0.149. The van der Waals surface area contributed by atoms with E-state index in [1.165, 1.54) is 80.0 Å². The van der Waals surface area contributed by atoms with Gasteiger partial charge in [0.15, 0.2) is 0 Å². The van der Waals surface area contributed by atoms with Gasteiger partial charge in [0, 0.05) is 0 Å². The van der Waals surface area contributed by atoms with Crippen molar-refractivity contribution in [1.82, 2.24) is 0 Å². The van der Waals surface area contributed by atoms with E-state index in [0.29, 0.717) is 13.2 Å². The summed E-state index contributed by atoms with van der Waals surface area (Å²) in [7, 11) is 0. The third-order valence-corrected chi connectivity index (χ3v) is 6.49. The molecule has 0 bridgehead atoms. The zero-order valence-corrected chi connectivity index (χ0v) is 18.2. The van der Waals surface area contributed by atoms with Crippen molar-refractivity contribution in [2.24, 2.45) is 5.92 Å². The maximum atomic E-state index is 5.52. The van der Waals surface area contributed by atoms with Crippen LogP contribution in [0, 0.1) is 5.92 Å². The summed E-state index contributed by atoms with van der Waals surface area (Å²) in [5.41, 5.74) is 5.32. The Morgan fingerprint density at radius 3 is 2.14 bits per heavy atom. The average Bonchev–Trinajstić information content (AvgIpc) is 2.78. The summed E-state index contributed by atoms with van der Waals surface area (Å²) in [6.45, 7) is 7.23. The quantitative estimate of drug-likeness (QED) is 0.277. The predicted octanol–water partition coefficient (Wildman–Crippen LogP) is 8.30. The van der Waals surface area contributed by atoms with Crippen molar-refractivity contribution in [1.29, 1.82) is 0 Å². The van der Waals surface area contributed by atoms with E-state index in [1.807, 2.05) is 0 Å². The van der Waals surface area contributed by atoms with Crippen molar-refractivity contribution in [3.05, 3.63) is 72.3 Å². The summed E-state index contributed by atoms with van der Waals surface area (Å²) in [5.74, 6) is 1.75. The Hall–Kier alpha value is -1.86. The van der Waals surface area contributed by atoms with Gasteiger partial charge in [-0.1, -0.05) is 93.6 Å². The van der Waals surface area contributed by atoms with Crippen molar-refractivity contribution >= 4 is 0 Å². The fraction of sp³-hybridized carbons (Fsp3) is 0.500. The highest BCUT2D eigenvalue weighted by Crippen LogP contribution is 2.38. The molecule has 0 N–H and O–H groups in total. The van der Waals surface area contributed by atoms with E-state index in [-0.39, 0.29) is 0 Å². The Labute approximate surface area is 178 Å². The van der Waals surface area contributed by atoms with Crippen LogP contribution >= 0.6 is 0 Å². The molecule has 1 fully saturated rings. The molecule has 1 heteroatoms. The molecule has 0 atom stereocenters. The Morgan fingerprint density at radius 1 is 0.862 bits per heavy atom. The molecule has 1 nitrogen and oxygen atoms in total. The molecule has 0 heterocycles. The predicted molar refractivity (Wildman–Crippen MR) is 125 cm³/mol. The van der Waals surface area contributed by atoms with Crippen molar-refractivity contribution in [2.75, 3.05) is 6.61 Å². The third kappa shape index (κ3) is 6.85. The lowest BCUT2D eigenvalue weighted by atomic mass is 9.77. The van der Waals surface area contributed by atoms with Gasteiger partial charge in [0.25, 0.3) is 0 Å². The summed E-state index contributed by atoms with van der Waals surface area (Å²) in [6.07, 6.45) is 14.5. The zero-order chi connectivity index (χ0) is 20.3. The van der Waals surface area contributed by atoms with Gasteiger partial charge in [-0.15, -0.1) is 6.58 Å². The normalized spacial score (nSPS) is 19.2. The van der Waals surface area contributed by atoms with E-state index in [1.54, 1.807) is 6.08 Å². The molecule has 0 aliphatic heterocycles. The van der Waals surface area contributed by atoms with Gasteiger partial charge in [0.05, 0.1) is 13.2 Å². The second-order valence-corrected chi connectivity index (χ2v) is 8.69. The first kappa shape index (κ1) is 21.8. The van der Waals surface area contributed by atoms with Crippen LogP contribution in [0.4, 0.5) is 0 Å². The molecule has 0 unspecified atom stereocenters. The molecule has 1 aliphatic carbocycles. The third-order valence-electron chi connectivity index (χ3n) is 6.49. The molecule has 0 spiro atoms. The molecule has 3 rings (SSSR count). The SMILES string of the molecule is C=CCOCc1ccc(-c2ccc(C3CCC(CCCCCC)CC3)cc2)cc1. The molecule has 0 amide bonds. The fourth-order valence-electron chi connectivity index (χ4n) is 4.65. The van der Waals surface area contributed by atoms with Crippen LogP contribution < -0.4 is 0 Å². The standard InChI is InChI=1S/C28H38O/c1-3-5-6-7-8-23-9-13-25(14-10-23)27-17-19-28(20-18-27)26-15-11-24(12-16-26)22-29-21-4-2/h4,11-12,15-20,23,25H,2-3,5-10,13-14,21-22H2,1H3. The number of benzene rings is 2. The number of unbranched alkanes of at least 4 members (excludes halogenated alkanes) is 3. The first-order valence-corrected chi connectivity index (χ1v) is 11.7. The molecule has 156 valence electrons. The van der Waals surface area contributed by atoms with Crippen molar-refractivity contribution in [3.63, 3.8) is 0 Å². The first-order chi connectivity index (χ1) is 14.3. The van der Waals surface area contributed by atoms with Gasteiger partial charge in [0.2, 0.25) is 0 Å². The highest BCUT2D eigenvalue weighted by Gasteiger charge is 2.22. The van der Waals surface area contributed by atoms with Gasteiger partial charge in [-0.25, -0.2) is 0 Å². The van der Waals surface area contributed by atoms with Crippen LogP contribution in [0.15, 0.2) is 61.2 Å². The van der Waals surface area contributed by atoms with Gasteiger partial charge in [-0.3, -0.25) is 0 Å². The van der Waals surface area contributed by atoms with Crippen LogP contribution in [0.25, 0.3) is 11.1 Å². The second-order valence-electron chi connectivity index (χ2n) is 8.69. The van der Waals surface area contributed by atoms with Gasteiger partial charge in [-0.05, 0) is 59.8 Å². The molecule has 1 saturated carbocycles. The van der Waals surface area contributed by atoms with Crippen LogP contribution in [0.1, 0.15) is 81.8 Å². The summed E-state index contributed by atoms with van der Waals surface area (Å²) >= 11 is 0. The van der Waals surface area contributed by atoms with Crippen LogP contribution in [0.2, 0.25) is 0 Å². The highest BCUT2D eigenvalue weighted by atomic mass is 16.5. The molecule has 29 heavy (non-hydrogen) atoms. The summed E-state index contributed by atoms with van der Waals surface area (Å²) in [4.78, 5) is 0. The Bertz CT molecular complexity index is 705. The Balaban J connectivity index is 1.48. The lowest BCUT2D eigenvalue weighted by Gasteiger charge is -2.29. The summed E-state index contributed by atoms with van der Waals surface area (Å²) < 4.78 is 5.52. The van der Waals surface area contributed by atoms with Crippen molar-refractivity contribution < 1.29 is 4.74 Å². The highest BCUT2D eigenvalue weighted by molar-refractivity contribution is 5.64. The number of ether oxygens (including phenoxy) is 1. The summed E-state index contributed by atoms with van der Waals surface area (Å²) in [5, 5.41) is 0. The van der Waals surface area contributed by atoms with Crippen LogP contribution in [0.3, 0.4) is 0 Å². The van der Waals surface area contributed by atoms with Gasteiger partial charge >= 0.3 is 0 Å². The maximum absolute atomic E-state index is 5.52. The topological polar surface area (TPSA) is 9.23 Å². The lowest BCUT2D eigenvalue weighted by Crippen LogP contribution is -2.13.